The molecule has 3 N–H and O–H groups in total. The van der Waals surface area contributed by atoms with Gasteiger partial charge < -0.3 is 20.1 Å². The number of hydrogen-bond acceptors (Lipinski definition) is 9. The Bertz CT molecular complexity index is 1810. The van der Waals surface area contributed by atoms with Gasteiger partial charge in [-0.05, 0) is 61.6 Å². The molecule has 14 heteroatoms. The molecule has 4 heterocycles. The number of aromatic nitrogens is 2. The molecule has 262 valence electrons. The molecule has 12 nitrogen and oxygen atoms in total. The topological polar surface area (TPSA) is 168 Å². The first kappa shape index (κ1) is 33.9. The van der Waals surface area contributed by atoms with Crippen LogP contribution in [0.4, 0.5) is 0 Å². The van der Waals surface area contributed by atoms with Gasteiger partial charge in [0.1, 0.15) is 29.4 Å². The molecule has 2 aliphatic carbocycles. The van der Waals surface area contributed by atoms with Gasteiger partial charge in [-0.2, -0.15) is 0 Å². The van der Waals surface area contributed by atoms with Gasteiger partial charge in [-0.25, -0.2) is 27.9 Å². The van der Waals surface area contributed by atoms with Crippen LogP contribution >= 0.6 is 11.3 Å². The number of carboxylic acids is 1. The molecule has 2 unspecified atom stereocenters. The summed E-state index contributed by atoms with van der Waals surface area (Å²) in [5.41, 5.74) is 0.498. The molecule has 4 aliphatic rings. The highest BCUT2D eigenvalue weighted by molar-refractivity contribution is 7.90. The van der Waals surface area contributed by atoms with E-state index in [1.807, 2.05) is 41.8 Å². The standard InChI is InChI=1S/C35H43N5O7S2/c41-31-28-19-23(47-32-30(29-17-10-18-48-29)36-25-14-8-9-15-26(25)37-32)21-40(28)33(42)27(39-49(45,46)24-12-6-7-13-24)16-5-3-1-2-4-11-22-20-35(22,38-31)34(43)44/h8-10,14-15,17-18,22-24,27-28,39H,1-7,11-13,16,19-21H2,(H,38,41)(H,43,44)/t22?,23-,27+,28+,35?/m1/s1. The predicted octanol–water partition coefficient (Wildman–Crippen LogP) is 4.64. The zero-order chi connectivity index (χ0) is 34.2. The number of nitrogens with one attached hydrogen (secondary N) is 2. The van der Waals surface area contributed by atoms with Gasteiger partial charge in [0.15, 0.2) is 0 Å². The zero-order valence-corrected chi connectivity index (χ0v) is 29.0. The second-order valence-corrected chi connectivity index (χ2v) is 16.9. The average Bonchev–Trinajstić information content (AvgIpc) is 3.61. The lowest BCUT2D eigenvalue weighted by molar-refractivity contribution is -0.145. The molecular formula is C35H43N5O7S2. The Kier molecular flexibility index (Phi) is 9.64. The minimum Gasteiger partial charge on any atom is -0.479 e. The highest BCUT2D eigenvalue weighted by atomic mass is 32.2. The maximum Gasteiger partial charge on any atom is 0.329 e. The van der Waals surface area contributed by atoms with E-state index in [4.69, 9.17) is 14.7 Å². The first-order valence-electron chi connectivity index (χ1n) is 17.5. The van der Waals surface area contributed by atoms with E-state index in [2.05, 4.69) is 10.0 Å². The fourth-order valence-corrected chi connectivity index (χ4v) is 10.3. The predicted molar refractivity (Wildman–Crippen MR) is 184 cm³/mol. The van der Waals surface area contributed by atoms with Crippen molar-refractivity contribution in [1.82, 2.24) is 24.9 Å². The van der Waals surface area contributed by atoms with E-state index in [9.17, 15) is 27.9 Å². The highest BCUT2D eigenvalue weighted by Crippen LogP contribution is 2.47. The van der Waals surface area contributed by atoms with Crippen LogP contribution in [0.2, 0.25) is 0 Å². The van der Waals surface area contributed by atoms with Crippen molar-refractivity contribution >= 4 is 50.2 Å². The average molecular weight is 710 g/mol. The normalized spacial score (nSPS) is 28.7. The lowest BCUT2D eigenvalue weighted by Gasteiger charge is -2.30. The van der Waals surface area contributed by atoms with Crippen molar-refractivity contribution in [2.75, 3.05) is 6.54 Å². The summed E-state index contributed by atoms with van der Waals surface area (Å²) in [7, 11) is -3.78. The van der Waals surface area contributed by atoms with Crippen LogP contribution in [0.5, 0.6) is 5.88 Å². The smallest absolute Gasteiger partial charge is 0.329 e. The minimum atomic E-state index is -3.78. The second-order valence-electron chi connectivity index (χ2n) is 14.0. The molecule has 4 fully saturated rings. The van der Waals surface area contributed by atoms with E-state index < -0.39 is 56.8 Å². The van der Waals surface area contributed by atoms with Crippen molar-refractivity contribution in [3.63, 3.8) is 0 Å². The molecule has 1 aromatic carbocycles. The third kappa shape index (κ3) is 7.04. The summed E-state index contributed by atoms with van der Waals surface area (Å²) in [5, 5.41) is 14.4. The molecule has 2 saturated heterocycles. The van der Waals surface area contributed by atoms with Crippen LogP contribution in [0.3, 0.4) is 0 Å². The molecule has 7 rings (SSSR count). The Morgan fingerprint density at radius 2 is 1.65 bits per heavy atom. The Labute approximate surface area is 290 Å². The molecule has 2 saturated carbocycles. The number of thiophene rings is 1. The van der Waals surface area contributed by atoms with Crippen molar-refractivity contribution < 1.29 is 32.6 Å². The van der Waals surface area contributed by atoms with Crippen LogP contribution in [-0.4, -0.2) is 81.7 Å². The lowest BCUT2D eigenvalue weighted by atomic mass is 10.0. The van der Waals surface area contributed by atoms with Crippen molar-refractivity contribution in [3.05, 3.63) is 41.8 Å². The molecule has 49 heavy (non-hydrogen) atoms. The van der Waals surface area contributed by atoms with Gasteiger partial charge in [-0.3, -0.25) is 9.59 Å². The Balaban J connectivity index is 1.21. The van der Waals surface area contributed by atoms with Crippen molar-refractivity contribution in [2.45, 2.75) is 112 Å². The molecule has 3 aromatic rings. The molecule has 2 amide bonds. The number of hydrogen-bond donors (Lipinski definition) is 3. The summed E-state index contributed by atoms with van der Waals surface area (Å²) < 4.78 is 36.2. The summed E-state index contributed by atoms with van der Waals surface area (Å²) in [6.45, 7) is 0.000460. The van der Waals surface area contributed by atoms with Crippen LogP contribution in [0.1, 0.15) is 83.5 Å². The van der Waals surface area contributed by atoms with E-state index in [0.717, 1.165) is 43.4 Å². The third-order valence-corrected chi connectivity index (χ3v) is 13.5. The molecule has 0 bridgehead atoms. The van der Waals surface area contributed by atoms with Crippen molar-refractivity contribution in [1.29, 1.82) is 0 Å². The number of benzene rings is 1. The van der Waals surface area contributed by atoms with Gasteiger partial charge in [0.05, 0.1) is 27.7 Å². The van der Waals surface area contributed by atoms with E-state index in [-0.39, 0.29) is 24.8 Å². The van der Waals surface area contributed by atoms with E-state index in [1.165, 1.54) is 16.2 Å². The van der Waals surface area contributed by atoms with Crippen molar-refractivity contribution in [3.8, 4) is 16.5 Å². The van der Waals surface area contributed by atoms with Crippen LogP contribution in [0, 0.1) is 5.92 Å². The van der Waals surface area contributed by atoms with Crippen LogP contribution in [0.25, 0.3) is 21.6 Å². The number of ether oxygens (including phenoxy) is 1. The maximum absolute atomic E-state index is 14.5. The Morgan fingerprint density at radius 1 is 0.959 bits per heavy atom. The first-order valence-corrected chi connectivity index (χ1v) is 19.9. The quantitative estimate of drug-likeness (QED) is 0.317. The molecule has 0 radical (unpaired) electrons. The van der Waals surface area contributed by atoms with Gasteiger partial charge in [0, 0.05) is 6.42 Å². The molecule has 2 aliphatic heterocycles. The summed E-state index contributed by atoms with van der Waals surface area (Å²) in [4.78, 5) is 52.9. The number of para-hydroxylation sites is 2. The van der Waals surface area contributed by atoms with Gasteiger partial charge in [0.2, 0.25) is 27.7 Å². The highest BCUT2D eigenvalue weighted by Gasteiger charge is 2.62. The number of sulfonamides is 1. The van der Waals surface area contributed by atoms with Gasteiger partial charge >= 0.3 is 5.97 Å². The number of carboxylic acid groups (broad SMARTS) is 1. The fraction of sp³-hybridized carbons (Fsp3) is 0.571. The van der Waals surface area contributed by atoms with E-state index in [0.29, 0.717) is 55.3 Å². The zero-order valence-electron chi connectivity index (χ0n) is 27.4. The Hall–Kier alpha value is -3.62. The van der Waals surface area contributed by atoms with Gasteiger partial charge in [0.25, 0.3) is 0 Å². The van der Waals surface area contributed by atoms with Gasteiger partial charge in [-0.1, -0.05) is 63.1 Å². The number of fused-ring (bicyclic) bond motifs is 3. The third-order valence-electron chi connectivity index (χ3n) is 10.6. The Morgan fingerprint density at radius 3 is 2.37 bits per heavy atom. The number of carbonyl (C=O) groups excluding carboxylic acids is 2. The first-order chi connectivity index (χ1) is 23.6. The van der Waals surface area contributed by atoms with Crippen LogP contribution in [-0.2, 0) is 24.4 Å². The van der Waals surface area contributed by atoms with Gasteiger partial charge in [-0.15, -0.1) is 11.3 Å². The summed E-state index contributed by atoms with van der Waals surface area (Å²) >= 11 is 1.49. The van der Waals surface area contributed by atoms with Crippen LogP contribution < -0.4 is 14.8 Å². The van der Waals surface area contributed by atoms with Crippen molar-refractivity contribution in [2.24, 2.45) is 5.92 Å². The summed E-state index contributed by atoms with van der Waals surface area (Å²) in [6, 6.07) is 9.17. The number of amides is 2. The summed E-state index contributed by atoms with van der Waals surface area (Å²) in [5.74, 6) is -2.05. The number of rotatable bonds is 7. The largest absolute Gasteiger partial charge is 0.479 e. The number of aliphatic carboxylic acids is 1. The monoisotopic (exact) mass is 709 g/mol. The molecule has 5 atom stereocenters. The van der Waals surface area contributed by atoms with Crippen LogP contribution in [0.15, 0.2) is 41.8 Å². The lowest BCUT2D eigenvalue weighted by Crippen LogP contribution is -2.56. The molecular weight excluding hydrogens is 667 g/mol. The summed E-state index contributed by atoms with van der Waals surface area (Å²) in [6.07, 6.45) is 7.63. The molecule has 0 spiro atoms. The number of carbonyl (C=O) groups is 3. The number of nitrogens with zero attached hydrogens (tertiary/aromatic N) is 3. The van der Waals surface area contributed by atoms with E-state index >= 15 is 0 Å². The van der Waals surface area contributed by atoms with E-state index in [1.54, 1.807) is 0 Å². The second kappa shape index (κ2) is 13.9. The fourth-order valence-electron chi connectivity index (χ4n) is 7.82. The molecule has 2 aromatic heterocycles. The maximum atomic E-state index is 14.5. The SMILES string of the molecule is O=C1NC2(C(=O)O)CC2CCCCCCC[C@H](NS(=O)(=O)C2CCCC2)C(=O)N2C[C@H](Oc3nc4ccccc4nc3-c3cccs3)C[C@@H]12. The minimum absolute atomic E-state index is 0.000460.